The number of aliphatic hydroxyl groups is 1. The maximum Gasteiger partial charge on any atom is 0.472 e. The van der Waals surface area contributed by atoms with E-state index < -0.39 is 97.5 Å². The minimum atomic E-state index is -4.95. The van der Waals surface area contributed by atoms with Crippen LogP contribution >= 0.6 is 15.6 Å². The van der Waals surface area contributed by atoms with Crippen molar-refractivity contribution in [3.63, 3.8) is 0 Å². The summed E-state index contributed by atoms with van der Waals surface area (Å²) >= 11 is 0. The van der Waals surface area contributed by atoms with E-state index in [4.69, 9.17) is 37.0 Å². The standard InChI is InChI=1S/C72H140O17P2/c1-7-9-11-13-15-17-23-30-36-42-48-54-69(74)82-60-67(88-71(76)56-50-44-38-31-24-18-16-14-12-10-8-2)62-86-90(78,79)84-58-66(73)59-85-91(80,81)87-63-68(61-83-70(75)55-49-43-37-33-27-29-35-41-47-53-65(5)6)89-72(77)57-51-45-39-32-26-22-20-19-21-25-28-34-40-46-52-64(3)4/h64-68,73H,7-63H2,1-6H3,(H,78,79)(H,80,81)/t66-,67+,68+/m0/s1. The van der Waals surface area contributed by atoms with Crippen molar-refractivity contribution in [1.82, 2.24) is 0 Å². The minimum absolute atomic E-state index is 0.107. The Bertz CT molecular complexity index is 1770. The molecule has 0 aromatic carbocycles. The SMILES string of the molecule is CCCCCCCCCCCCCC(=O)OC[C@H](COP(=O)(O)OC[C@H](O)COP(=O)(O)OC[C@@H](COC(=O)CCCCCCCCCCCC(C)C)OC(=O)CCCCCCCCCCCCCCCCC(C)C)OC(=O)CCCCCCCCCCCCC. The van der Waals surface area contributed by atoms with Crippen LogP contribution in [0.5, 0.6) is 0 Å². The third kappa shape index (κ3) is 66.5. The Morgan fingerprint density at radius 3 is 0.747 bits per heavy atom. The fourth-order valence-electron chi connectivity index (χ4n) is 10.9. The molecule has 0 saturated heterocycles. The molecule has 0 amide bonds. The first-order valence-corrected chi connectivity index (χ1v) is 40.5. The molecular weight excluding hydrogens is 1200 g/mol. The number of phosphoric acid groups is 2. The number of aliphatic hydroxyl groups excluding tert-OH is 1. The van der Waals surface area contributed by atoms with Crippen molar-refractivity contribution >= 4 is 39.5 Å². The molecule has 540 valence electrons. The highest BCUT2D eigenvalue weighted by atomic mass is 31.2. The zero-order valence-electron chi connectivity index (χ0n) is 59.1. The summed E-state index contributed by atoms with van der Waals surface area (Å²) in [4.78, 5) is 72.6. The normalized spacial score (nSPS) is 14.1. The van der Waals surface area contributed by atoms with Crippen molar-refractivity contribution in [2.24, 2.45) is 11.8 Å². The number of esters is 4. The molecule has 3 N–H and O–H groups in total. The van der Waals surface area contributed by atoms with Crippen LogP contribution in [0.15, 0.2) is 0 Å². The molecule has 0 radical (unpaired) electrons. The molecule has 0 saturated carbocycles. The predicted molar refractivity (Wildman–Crippen MR) is 368 cm³/mol. The fourth-order valence-corrected chi connectivity index (χ4v) is 12.5. The van der Waals surface area contributed by atoms with Gasteiger partial charge in [0.05, 0.1) is 26.4 Å². The molecule has 0 aliphatic heterocycles. The van der Waals surface area contributed by atoms with Gasteiger partial charge < -0.3 is 33.8 Å². The summed E-state index contributed by atoms with van der Waals surface area (Å²) in [5, 5.41) is 10.6. The Morgan fingerprint density at radius 2 is 0.505 bits per heavy atom. The largest absolute Gasteiger partial charge is 0.472 e. The fraction of sp³-hybridized carbons (Fsp3) is 0.944. The van der Waals surface area contributed by atoms with Crippen molar-refractivity contribution in [2.75, 3.05) is 39.6 Å². The van der Waals surface area contributed by atoms with Crippen molar-refractivity contribution in [3.05, 3.63) is 0 Å². The van der Waals surface area contributed by atoms with Crippen LogP contribution in [0.1, 0.15) is 369 Å². The molecular formula is C72H140O17P2. The zero-order valence-corrected chi connectivity index (χ0v) is 60.9. The summed E-state index contributed by atoms with van der Waals surface area (Å²) in [6.07, 6.45) is 49.8. The van der Waals surface area contributed by atoms with Crippen LogP contribution in [0.3, 0.4) is 0 Å². The van der Waals surface area contributed by atoms with E-state index in [0.29, 0.717) is 25.7 Å². The lowest BCUT2D eigenvalue weighted by Gasteiger charge is -2.21. The molecule has 0 aliphatic carbocycles. The highest BCUT2D eigenvalue weighted by molar-refractivity contribution is 7.47. The molecule has 0 aromatic heterocycles. The summed E-state index contributed by atoms with van der Waals surface area (Å²) in [6.45, 7) is 9.56. The Kier molecular flexibility index (Phi) is 62.7. The predicted octanol–water partition coefficient (Wildman–Crippen LogP) is 20.8. The van der Waals surface area contributed by atoms with Crippen LogP contribution in [-0.2, 0) is 65.4 Å². The average molecular weight is 1340 g/mol. The van der Waals surface area contributed by atoms with E-state index in [1.807, 2.05) is 0 Å². The smallest absolute Gasteiger partial charge is 0.462 e. The molecule has 0 fully saturated rings. The summed E-state index contributed by atoms with van der Waals surface area (Å²) in [6, 6.07) is 0. The molecule has 17 nitrogen and oxygen atoms in total. The molecule has 0 aliphatic rings. The van der Waals surface area contributed by atoms with Crippen LogP contribution < -0.4 is 0 Å². The van der Waals surface area contributed by atoms with Gasteiger partial charge in [-0.3, -0.25) is 37.3 Å². The number of hydrogen-bond donors (Lipinski definition) is 3. The molecule has 0 heterocycles. The minimum Gasteiger partial charge on any atom is -0.462 e. The van der Waals surface area contributed by atoms with E-state index in [1.54, 1.807) is 0 Å². The summed E-state index contributed by atoms with van der Waals surface area (Å²) in [5.74, 6) is -0.581. The number of carbonyl (C=O) groups excluding carboxylic acids is 4. The number of unbranched alkanes of at least 4 members (excludes halogenated alkanes) is 41. The van der Waals surface area contributed by atoms with E-state index in [2.05, 4.69) is 41.5 Å². The van der Waals surface area contributed by atoms with E-state index in [-0.39, 0.29) is 25.7 Å². The van der Waals surface area contributed by atoms with Gasteiger partial charge in [0, 0.05) is 25.7 Å². The van der Waals surface area contributed by atoms with E-state index in [0.717, 1.165) is 102 Å². The van der Waals surface area contributed by atoms with Gasteiger partial charge in [-0.2, -0.15) is 0 Å². The molecule has 5 atom stereocenters. The quantitative estimate of drug-likeness (QED) is 0.0222. The van der Waals surface area contributed by atoms with E-state index in [1.165, 1.54) is 186 Å². The Balaban J connectivity index is 5.24. The lowest BCUT2D eigenvalue weighted by atomic mass is 10.0. The summed E-state index contributed by atoms with van der Waals surface area (Å²) in [7, 11) is -9.90. The highest BCUT2D eigenvalue weighted by Gasteiger charge is 2.30. The van der Waals surface area contributed by atoms with Crippen molar-refractivity contribution < 1.29 is 80.2 Å². The Labute approximate surface area is 556 Å². The second-order valence-corrected chi connectivity index (χ2v) is 29.8. The third-order valence-corrected chi connectivity index (χ3v) is 18.6. The maximum absolute atomic E-state index is 13.0. The van der Waals surface area contributed by atoms with Gasteiger partial charge in [-0.25, -0.2) is 9.13 Å². The van der Waals surface area contributed by atoms with Gasteiger partial charge in [0.2, 0.25) is 0 Å². The second kappa shape index (κ2) is 64.1. The highest BCUT2D eigenvalue weighted by Crippen LogP contribution is 2.45. The molecule has 0 aromatic rings. The Morgan fingerprint density at radius 1 is 0.297 bits per heavy atom. The number of ether oxygens (including phenoxy) is 4. The van der Waals surface area contributed by atoms with Gasteiger partial charge in [-0.1, -0.05) is 318 Å². The lowest BCUT2D eigenvalue weighted by molar-refractivity contribution is -0.161. The molecule has 91 heavy (non-hydrogen) atoms. The van der Waals surface area contributed by atoms with Gasteiger partial charge in [0.1, 0.15) is 19.3 Å². The molecule has 0 rings (SSSR count). The zero-order chi connectivity index (χ0) is 67.2. The van der Waals surface area contributed by atoms with Crippen LogP contribution in [0.2, 0.25) is 0 Å². The number of hydrogen-bond acceptors (Lipinski definition) is 15. The Hall–Kier alpha value is -1.94. The van der Waals surface area contributed by atoms with Crippen LogP contribution in [0, 0.1) is 11.8 Å². The van der Waals surface area contributed by atoms with Crippen molar-refractivity contribution in [2.45, 2.75) is 387 Å². The van der Waals surface area contributed by atoms with Crippen LogP contribution in [0.4, 0.5) is 0 Å². The van der Waals surface area contributed by atoms with E-state index >= 15 is 0 Å². The molecule has 0 spiro atoms. The first kappa shape index (κ1) is 89.1. The number of phosphoric ester groups is 2. The first-order valence-electron chi connectivity index (χ1n) is 37.5. The van der Waals surface area contributed by atoms with Gasteiger partial charge in [0.25, 0.3) is 0 Å². The van der Waals surface area contributed by atoms with Crippen molar-refractivity contribution in [1.29, 1.82) is 0 Å². The lowest BCUT2D eigenvalue weighted by Crippen LogP contribution is -2.30. The first-order chi connectivity index (χ1) is 43.9. The van der Waals surface area contributed by atoms with Gasteiger partial charge in [-0.05, 0) is 37.5 Å². The summed E-state index contributed by atoms with van der Waals surface area (Å²) < 4.78 is 68.4. The monoisotopic (exact) mass is 1340 g/mol. The van der Waals surface area contributed by atoms with Gasteiger partial charge in [-0.15, -0.1) is 0 Å². The van der Waals surface area contributed by atoms with Crippen LogP contribution in [0.25, 0.3) is 0 Å². The molecule has 2 unspecified atom stereocenters. The number of rotatable bonds is 71. The van der Waals surface area contributed by atoms with Gasteiger partial charge in [0.15, 0.2) is 12.2 Å². The van der Waals surface area contributed by atoms with Gasteiger partial charge >= 0.3 is 39.5 Å². The average Bonchev–Trinajstić information content (AvgIpc) is 2.92. The van der Waals surface area contributed by atoms with E-state index in [9.17, 15) is 43.2 Å². The third-order valence-electron chi connectivity index (χ3n) is 16.7. The van der Waals surface area contributed by atoms with Crippen LogP contribution in [-0.4, -0.2) is 96.7 Å². The molecule has 19 heteroatoms. The van der Waals surface area contributed by atoms with Crippen molar-refractivity contribution in [3.8, 4) is 0 Å². The topological polar surface area (TPSA) is 237 Å². The molecule has 0 bridgehead atoms. The maximum atomic E-state index is 13.0. The summed E-state index contributed by atoms with van der Waals surface area (Å²) in [5.41, 5.74) is 0. The second-order valence-electron chi connectivity index (χ2n) is 26.9. The number of carbonyl (C=O) groups is 4.